The molecule has 2 heterocycles. The lowest BCUT2D eigenvalue weighted by molar-refractivity contribution is -0.141. The molecule has 0 aromatic heterocycles. The summed E-state index contributed by atoms with van der Waals surface area (Å²) in [6, 6.07) is 8.67. The Kier molecular flexibility index (Phi) is 3.06. The maximum atomic E-state index is 10.9. The lowest BCUT2D eigenvalue weighted by Gasteiger charge is -2.26. The van der Waals surface area contributed by atoms with Gasteiger partial charge in [-0.15, -0.1) is 0 Å². The number of carbonyl (C=O) groups is 1. The fourth-order valence-electron chi connectivity index (χ4n) is 2.61. The van der Waals surface area contributed by atoms with E-state index in [0.717, 1.165) is 13.2 Å². The first-order chi connectivity index (χ1) is 8.74. The Morgan fingerprint density at radius 1 is 1.22 bits per heavy atom. The zero-order valence-electron chi connectivity index (χ0n) is 10.1. The zero-order valence-corrected chi connectivity index (χ0v) is 10.1. The van der Waals surface area contributed by atoms with Crippen molar-refractivity contribution in [2.45, 2.75) is 18.4 Å². The molecule has 0 radical (unpaired) electrons. The first kappa shape index (κ1) is 11.7. The number of hydrogen-bond donors (Lipinski definition) is 2. The van der Waals surface area contributed by atoms with Gasteiger partial charge in [-0.2, -0.15) is 0 Å². The molecule has 0 aliphatic carbocycles. The van der Waals surface area contributed by atoms with Gasteiger partial charge >= 0.3 is 5.97 Å². The van der Waals surface area contributed by atoms with Crippen LogP contribution in [-0.2, 0) is 9.53 Å². The molecule has 2 aliphatic rings. The number of carboxylic acid groups (broad SMARTS) is 1. The van der Waals surface area contributed by atoms with Crippen LogP contribution in [0.1, 0.15) is 29.5 Å². The third-order valence-electron chi connectivity index (χ3n) is 3.93. The van der Waals surface area contributed by atoms with Crippen molar-refractivity contribution in [3.63, 3.8) is 0 Å². The number of aliphatic carboxylic acids is 1. The summed E-state index contributed by atoms with van der Waals surface area (Å²) in [5.41, 5.74) is 2.50. The highest BCUT2D eigenvalue weighted by Crippen LogP contribution is 2.29. The standard InChI is InChI=1S/C14H17NO3/c16-14(17)11-5-13(15-6-11)10-3-1-9(2-4-10)12-7-18-8-12/h1-4,11-13,15H,5-8H2,(H,16,17). The summed E-state index contributed by atoms with van der Waals surface area (Å²) in [4.78, 5) is 10.9. The maximum Gasteiger partial charge on any atom is 0.307 e. The summed E-state index contributed by atoms with van der Waals surface area (Å²) >= 11 is 0. The van der Waals surface area contributed by atoms with Crippen LogP contribution in [0.15, 0.2) is 24.3 Å². The molecule has 0 spiro atoms. The largest absolute Gasteiger partial charge is 0.481 e. The lowest BCUT2D eigenvalue weighted by atomic mass is 9.94. The first-order valence-electron chi connectivity index (χ1n) is 6.38. The SMILES string of the molecule is O=C(O)C1CNC(c2ccc(C3COC3)cc2)C1. The second-order valence-corrected chi connectivity index (χ2v) is 5.13. The number of nitrogens with one attached hydrogen (secondary N) is 1. The van der Waals surface area contributed by atoms with E-state index in [-0.39, 0.29) is 12.0 Å². The van der Waals surface area contributed by atoms with Crippen LogP contribution < -0.4 is 5.32 Å². The molecule has 1 aromatic rings. The summed E-state index contributed by atoms with van der Waals surface area (Å²) in [7, 11) is 0. The summed E-state index contributed by atoms with van der Waals surface area (Å²) in [6.07, 6.45) is 0.682. The van der Waals surface area contributed by atoms with E-state index in [2.05, 4.69) is 29.6 Å². The molecule has 0 bridgehead atoms. The molecule has 2 fully saturated rings. The Hall–Kier alpha value is -1.39. The molecule has 2 unspecified atom stereocenters. The van der Waals surface area contributed by atoms with E-state index >= 15 is 0 Å². The average molecular weight is 247 g/mol. The Morgan fingerprint density at radius 2 is 1.89 bits per heavy atom. The van der Waals surface area contributed by atoms with Crippen molar-refractivity contribution < 1.29 is 14.6 Å². The van der Waals surface area contributed by atoms with Crippen LogP contribution in [0.2, 0.25) is 0 Å². The molecule has 0 amide bonds. The Labute approximate surface area is 106 Å². The van der Waals surface area contributed by atoms with Crippen LogP contribution in [0.4, 0.5) is 0 Å². The van der Waals surface area contributed by atoms with Crippen molar-refractivity contribution in [2.24, 2.45) is 5.92 Å². The number of rotatable bonds is 3. The summed E-state index contributed by atoms with van der Waals surface area (Å²) in [5, 5.41) is 12.3. The molecule has 2 saturated heterocycles. The number of hydrogen-bond acceptors (Lipinski definition) is 3. The zero-order chi connectivity index (χ0) is 12.5. The van der Waals surface area contributed by atoms with Gasteiger partial charge in [-0.3, -0.25) is 4.79 Å². The topological polar surface area (TPSA) is 58.6 Å². The fourth-order valence-corrected chi connectivity index (χ4v) is 2.61. The van der Waals surface area contributed by atoms with Gasteiger partial charge in [0.25, 0.3) is 0 Å². The fraction of sp³-hybridized carbons (Fsp3) is 0.500. The van der Waals surface area contributed by atoms with E-state index in [0.29, 0.717) is 18.9 Å². The Bertz CT molecular complexity index is 439. The van der Waals surface area contributed by atoms with E-state index in [1.54, 1.807) is 0 Å². The van der Waals surface area contributed by atoms with E-state index < -0.39 is 5.97 Å². The van der Waals surface area contributed by atoms with Crippen LogP contribution in [0.5, 0.6) is 0 Å². The van der Waals surface area contributed by atoms with Gasteiger partial charge in [0, 0.05) is 18.5 Å². The van der Waals surface area contributed by atoms with Crippen molar-refractivity contribution >= 4 is 5.97 Å². The van der Waals surface area contributed by atoms with Crippen LogP contribution >= 0.6 is 0 Å². The quantitative estimate of drug-likeness (QED) is 0.850. The summed E-state index contributed by atoms with van der Waals surface area (Å²) in [6.45, 7) is 2.21. The predicted molar refractivity (Wildman–Crippen MR) is 66.5 cm³/mol. The molecule has 3 rings (SSSR count). The van der Waals surface area contributed by atoms with Crippen molar-refractivity contribution in [1.82, 2.24) is 5.32 Å². The minimum Gasteiger partial charge on any atom is -0.481 e. The minimum atomic E-state index is -0.701. The van der Waals surface area contributed by atoms with Gasteiger partial charge in [0.15, 0.2) is 0 Å². The molecule has 2 aliphatic heterocycles. The lowest BCUT2D eigenvalue weighted by Crippen LogP contribution is -2.25. The number of benzene rings is 1. The summed E-state index contributed by atoms with van der Waals surface area (Å²) < 4.78 is 5.18. The van der Waals surface area contributed by atoms with Crippen molar-refractivity contribution in [1.29, 1.82) is 0 Å². The molecule has 4 heteroatoms. The third-order valence-corrected chi connectivity index (χ3v) is 3.93. The molecule has 1 aromatic carbocycles. The van der Waals surface area contributed by atoms with Crippen LogP contribution in [0, 0.1) is 5.92 Å². The molecule has 4 nitrogen and oxygen atoms in total. The van der Waals surface area contributed by atoms with Crippen LogP contribution in [-0.4, -0.2) is 30.8 Å². The van der Waals surface area contributed by atoms with Gasteiger partial charge in [-0.05, 0) is 17.5 Å². The molecular formula is C14H17NO3. The second-order valence-electron chi connectivity index (χ2n) is 5.13. The smallest absolute Gasteiger partial charge is 0.307 e. The normalized spacial score (nSPS) is 28.0. The Balaban J connectivity index is 1.67. The Morgan fingerprint density at radius 3 is 2.39 bits per heavy atom. The third kappa shape index (κ3) is 2.13. The highest BCUT2D eigenvalue weighted by atomic mass is 16.5. The molecule has 2 atom stereocenters. The van der Waals surface area contributed by atoms with Crippen molar-refractivity contribution in [2.75, 3.05) is 19.8 Å². The van der Waals surface area contributed by atoms with Gasteiger partial charge in [0.1, 0.15) is 0 Å². The van der Waals surface area contributed by atoms with E-state index in [1.165, 1.54) is 11.1 Å². The maximum absolute atomic E-state index is 10.9. The van der Waals surface area contributed by atoms with Gasteiger partial charge < -0.3 is 15.2 Å². The molecule has 18 heavy (non-hydrogen) atoms. The van der Waals surface area contributed by atoms with E-state index in [1.807, 2.05) is 0 Å². The molecular weight excluding hydrogens is 230 g/mol. The van der Waals surface area contributed by atoms with Gasteiger partial charge in [-0.1, -0.05) is 24.3 Å². The molecule has 0 saturated carbocycles. The number of carboxylic acids is 1. The van der Waals surface area contributed by atoms with Crippen LogP contribution in [0.3, 0.4) is 0 Å². The highest BCUT2D eigenvalue weighted by Gasteiger charge is 2.30. The molecule has 2 N–H and O–H groups in total. The van der Waals surface area contributed by atoms with E-state index in [9.17, 15) is 4.79 Å². The summed E-state index contributed by atoms with van der Waals surface area (Å²) in [5.74, 6) is -0.412. The van der Waals surface area contributed by atoms with E-state index in [4.69, 9.17) is 9.84 Å². The average Bonchev–Trinajstić information content (AvgIpc) is 2.77. The molecule has 96 valence electrons. The van der Waals surface area contributed by atoms with Crippen molar-refractivity contribution in [3.05, 3.63) is 35.4 Å². The van der Waals surface area contributed by atoms with Gasteiger partial charge in [0.05, 0.1) is 19.1 Å². The first-order valence-corrected chi connectivity index (χ1v) is 6.38. The predicted octanol–water partition coefficient (Wildman–Crippen LogP) is 1.54. The van der Waals surface area contributed by atoms with Gasteiger partial charge in [-0.25, -0.2) is 0 Å². The monoisotopic (exact) mass is 247 g/mol. The van der Waals surface area contributed by atoms with Crippen molar-refractivity contribution in [3.8, 4) is 0 Å². The second kappa shape index (κ2) is 4.71. The highest BCUT2D eigenvalue weighted by molar-refractivity contribution is 5.70. The minimum absolute atomic E-state index is 0.179. The van der Waals surface area contributed by atoms with Gasteiger partial charge in [0.2, 0.25) is 0 Å². The number of ether oxygens (including phenoxy) is 1. The van der Waals surface area contributed by atoms with Crippen LogP contribution in [0.25, 0.3) is 0 Å².